The molecule has 3 aromatic rings. The Kier molecular flexibility index (Phi) is 5.88. The number of fused-ring (bicyclic) bond motifs is 1. The Hall–Kier alpha value is -2.85. The fraction of sp³-hybridized carbons (Fsp3) is 0.455. The molecule has 2 fully saturated rings. The van der Waals surface area contributed by atoms with Gasteiger partial charge >= 0.3 is 5.97 Å². The van der Waals surface area contributed by atoms with Crippen molar-refractivity contribution in [3.8, 4) is 0 Å². The summed E-state index contributed by atoms with van der Waals surface area (Å²) < 4.78 is 2.16. The average molecular weight is 454 g/mol. The molecule has 9 nitrogen and oxygen atoms in total. The molecule has 5 N–H and O–H groups in total. The molecule has 1 saturated carbocycles. The number of carboxylic acid groups (broad SMARTS) is 1. The van der Waals surface area contributed by atoms with Crippen LogP contribution in [0.3, 0.4) is 0 Å². The molecule has 0 radical (unpaired) electrons. The second-order valence-electron chi connectivity index (χ2n) is 8.50. The van der Waals surface area contributed by atoms with Gasteiger partial charge in [-0.15, -0.1) is 0 Å². The molecule has 0 bridgehead atoms. The molecule has 3 heterocycles. The number of imidazole rings is 1. The second-order valence-corrected chi connectivity index (χ2v) is 9.65. The van der Waals surface area contributed by atoms with Crippen molar-refractivity contribution in [2.24, 2.45) is 5.73 Å². The van der Waals surface area contributed by atoms with Crippen LogP contribution in [-0.2, 0) is 0 Å². The van der Waals surface area contributed by atoms with E-state index in [1.54, 1.807) is 24.3 Å². The Bertz CT molecular complexity index is 1100. The summed E-state index contributed by atoms with van der Waals surface area (Å²) in [6, 6.07) is 7.57. The monoisotopic (exact) mass is 453 g/mol. The SMILES string of the molecule is N[C@H]1CC[C@H](Nc2nc(Nc3ccc(C(=O)O)cc3)c3ncn(C4CCSC4)c3n2)CC1. The summed E-state index contributed by atoms with van der Waals surface area (Å²) in [4.78, 5) is 25.4. The van der Waals surface area contributed by atoms with E-state index < -0.39 is 5.97 Å². The summed E-state index contributed by atoms with van der Waals surface area (Å²) in [7, 11) is 0. The number of nitrogens with two attached hydrogens (primary N) is 1. The molecule has 5 rings (SSSR count). The first-order valence-electron chi connectivity index (χ1n) is 11.0. The van der Waals surface area contributed by atoms with E-state index in [1.807, 2.05) is 18.1 Å². The molecule has 1 atom stereocenters. The maximum Gasteiger partial charge on any atom is 0.335 e. The zero-order valence-electron chi connectivity index (χ0n) is 17.7. The van der Waals surface area contributed by atoms with Crippen LogP contribution in [0.25, 0.3) is 11.2 Å². The highest BCUT2D eigenvalue weighted by molar-refractivity contribution is 7.99. The minimum absolute atomic E-state index is 0.240. The standard InChI is InChI=1S/C22H27N7O2S/c23-14-3-7-16(8-4-14)26-22-27-19(25-15-5-1-13(2-6-15)21(30)31)18-20(28-22)29(12-24-18)17-9-10-32-11-17/h1-2,5-6,12,14,16-17H,3-4,7-11,23H2,(H,30,31)(H2,25,26,27,28)/t14-,16-,17?. The van der Waals surface area contributed by atoms with Gasteiger partial charge in [-0.25, -0.2) is 9.78 Å². The van der Waals surface area contributed by atoms with Crippen LogP contribution in [0.15, 0.2) is 30.6 Å². The third-order valence-corrected chi connectivity index (χ3v) is 7.36. The van der Waals surface area contributed by atoms with Gasteiger partial charge in [-0.3, -0.25) is 0 Å². The first kappa shape index (κ1) is 21.0. The lowest BCUT2D eigenvalue weighted by molar-refractivity contribution is 0.0697. The second kappa shape index (κ2) is 8.95. The van der Waals surface area contributed by atoms with Crippen molar-refractivity contribution in [3.63, 3.8) is 0 Å². The topological polar surface area (TPSA) is 131 Å². The van der Waals surface area contributed by atoms with Crippen LogP contribution >= 0.6 is 11.8 Å². The highest BCUT2D eigenvalue weighted by Crippen LogP contribution is 2.33. The van der Waals surface area contributed by atoms with E-state index in [-0.39, 0.29) is 11.6 Å². The number of hydrogen-bond acceptors (Lipinski definition) is 8. The number of rotatable bonds is 6. The highest BCUT2D eigenvalue weighted by Gasteiger charge is 2.24. The molecule has 1 aliphatic carbocycles. The van der Waals surface area contributed by atoms with E-state index in [0.717, 1.165) is 54.9 Å². The number of anilines is 3. The molecular formula is C22H27N7O2S. The molecular weight excluding hydrogens is 426 g/mol. The molecule has 1 aromatic carbocycles. The van der Waals surface area contributed by atoms with Crippen LogP contribution < -0.4 is 16.4 Å². The van der Waals surface area contributed by atoms with E-state index in [2.05, 4.69) is 20.2 Å². The number of hydrogen-bond donors (Lipinski definition) is 4. The van der Waals surface area contributed by atoms with E-state index in [1.165, 1.54) is 0 Å². The normalized spacial score (nSPS) is 23.3. The molecule has 2 aromatic heterocycles. The average Bonchev–Trinajstić information content (AvgIpc) is 3.46. The molecule has 0 spiro atoms. The fourth-order valence-corrected chi connectivity index (χ4v) is 5.56. The number of thioether (sulfide) groups is 1. The quantitative estimate of drug-likeness (QED) is 0.442. The lowest BCUT2D eigenvalue weighted by Crippen LogP contribution is -2.33. The van der Waals surface area contributed by atoms with Crippen LogP contribution in [0.4, 0.5) is 17.5 Å². The van der Waals surface area contributed by atoms with E-state index in [9.17, 15) is 4.79 Å². The van der Waals surface area contributed by atoms with Crippen molar-refractivity contribution in [2.45, 2.75) is 50.2 Å². The number of carboxylic acids is 1. The van der Waals surface area contributed by atoms with Crippen LogP contribution in [0.2, 0.25) is 0 Å². The van der Waals surface area contributed by atoms with E-state index >= 15 is 0 Å². The number of aromatic nitrogens is 4. The molecule has 32 heavy (non-hydrogen) atoms. The molecule has 168 valence electrons. The number of nitrogens with one attached hydrogen (secondary N) is 2. The minimum Gasteiger partial charge on any atom is -0.478 e. The molecule has 1 aliphatic heterocycles. The Balaban J connectivity index is 1.48. The predicted octanol–water partition coefficient (Wildman–Crippen LogP) is 3.63. The Morgan fingerprint density at radius 1 is 1.12 bits per heavy atom. The fourth-order valence-electron chi connectivity index (χ4n) is 4.36. The smallest absolute Gasteiger partial charge is 0.335 e. The van der Waals surface area contributed by atoms with Crippen LogP contribution in [0.5, 0.6) is 0 Å². The Labute approximate surface area is 190 Å². The summed E-state index contributed by atoms with van der Waals surface area (Å²) in [6.45, 7) is 0. The number of aromatic carboxylic acids is 1. The summed E-state index contributed by atoms with van der Waals surface area (Å²) in [5, 5.41) is 16.0. The van der Waals surface area contributed by atoms with Gasteiger partial charge in [-0.2, -0.15) is 21.7 Å². The van der Waals surface area contributed by atoms with Gasteiger partial charge in [-0.05, 0) is 62.1 Å². The lowest BCUT2D eigenvalue weighted by Gasteiger charge is -2.27. The zero-order chi connectivity index (χ0) is 22.1. The Morgan fingerprint density at radius 3 is 2.59 bits per heavy atom. The summed E-state index contributed by atoms with van der Waals surface area (Å²) in [5.41, 5.74) is 8.57. The Morgan fingerprint density at radius 2 is 1.91 bits per heavy atom. The first-order valence-corrected chi connectivity index (χ1v) is 12.2. The molecule has 1 saturated heterocycles. The van der Waals surface area contributed by atoms with Crippen molar-refractivity contribution < 1.29 is 9.90 Å². The van der Waals surface area contributed by atoms with Crippen molar-refractivity contribution in [3.05, 3.63) is 36.2 Å². The lowest BCUT2D eigenvalue weighted by atomic mass is 9.92. The molecule has 2 aliphatic rings. The van der Waals surface area contributed by atoms with Gasteiger partial charge in [-0.1, -0.05) is 0 Å². The van der Waals surface area contributed by atoms with Gasteiger partial charge in [0.2, 0.25) is 5.95 Å². The number of carbonyl (C=O) groups is 1. The maximum absolute atomic E-state index is 11.2. The van der Waals surface area contributed by atoms with Gasteiger partial charge < -0.3 is 26.0 Å². The number of benzene rings is 1. The van der Waals surface area contributed by atoms with Crippen LogP contribution in [0.1, 0.15) is 48.5 Å². The van der Waals surface area contributed by atoms with Gasteiger partial charge in [0.15, 0.2) is 17.0 Å². The highest BCUT2D eigenvalue weighted by atomic mass is 32.2. The van der Waals surface area contributed by atoms with Crippen molar-refractivity contribution in [1.82, 2.24) is 19.5 Å². The van der Waals surface area contributed by atoms with Crippen LogP contribution in [-0.4, -0.2) is 54.2 Å². The van der Waals surface area contributed by atoms with Gasteiger partial charge in [0.25, 0.3) is 0 Å². The molecule has 1 unspecified atom stereocenters. The third-order valence-electron chi connectivity index (χ3n) is 6.22. The third kappa shape index (κ3) is 4.37. The largest absolute Gasteiger partial charge is 0.478 e. The maximum atomic E-state index is 11.2. The zero-order valence-corrected chi connectivity index (χ0v) is 18.5. The van der Waals surface area contributed by atoms with Crippen molar-refractivity contribution in [2.75, 3.05) is 22.1 Å². The summed E-state index contributed by atoms with van der Waals surface area (Å²) in [6.07, 6.45) is 6.96. The van der Waals surface area contributed by atoms with Crippen molar-refractivity contribution in [1.29, 1.82) is 0 Å². The van der Waals surface area contributed by atoms with E-state index in [0.29, 0.717) is 29.4 Å². The summed E-state index contributed by atoms with van der Waals surface area (Å²) >= 11 is 1.95. The predicted molar refractivity (Wildman–Crippen MR) is 127 cm³/mol. The van der Waals surface area contributed by atoms with Crippen LogP contribution in [0, 0.1) is 0 Å². The first-order chi connectivity index (χ1) is 15.6. The molecule has 0 amide bonds. The van der Waals surface area contributed by atoms with Crippen molar-refractivity contribution >= 4 is 46.3 Å². The van der Waals surface area contributed by atoms with Gasteiger partial charge in [0.05, 0.1) is 11.9 Å². The van der Waals surface area contributed by atoms with E-state index in [4.69, 9.17) is 20.8 Å². The summed E-state index contributed by atoms with van der Waals surface area (Å²) in [5.74, 6) is 2.43. The minimum atomic E-state index is -0.951. The molecule has 10 heteroatoms. The van der Waals surface area contributed by atoms with Gasteiger partial charge in [0, 0.05) is 29.6 Å². The van der Waals surface area contributed by atoms with Gasteiger partial charge in [0.1, 0.15) is 0 Å². The number of nitrogens with zero attached hydrogens (tertiary/aromatic N) is 4.